The highest BCUT2D eigenvalue weighted by atomic mass is 32.1. The first-order valence-corrected chi connectivity index (χ1v) is 8.22. The van der Waals surface area contributed by atoms with E-state index in [9.17, 15) is 4.79 Å². The predicted octanol–water partition coefficient (Wildman–Crippen LogP) is 2.58. The standard InChI is InChI=1S/C15H16N4O2S/c1-8-9(2)22-14-12(8)15(20)19(7-16-14)6-5-11-17-13(18-21-11)10-3-4-10/h7,10H,3-6H2,1-2H3. The van der Waals surface area contributed by atoms with Crippen molar-refractivity contribution in [1.29, 1.82) is 0 Å². The lowest BCUT2D eigenvalue weighted by atomic mass is 10.2. The maximum atomic E-state index is 12.6. The summed E-state index contributed by atoms with van der Waals surface area (Å²) in [5.41, 5.74) is 1.04. The average Bonchev–Trinajstić information content (AvgIpc) is 3.17. The molecular weight excluding hydrogens is 300 g/mol. The van der Waals surface area contributed by atoms with Gasteiger partial charge in [-0.05, 0) is 32.3 Å². The highest BCUT2D eigenvalue weighted by molar-refractivity contribution is 7.18. The molecule has 0 aliphatic heterocycles. The fourth-order valence-electron chi connectivity index (χ4n) is 2.52. The maximum absolute atomic E-state index is 12.6. The molecule has 3 aromatic heterocycles. The van der Waals surface area contributed by atoms with Gasteiger partial charge in [0.2, 0.25) is 5.89 Å². The molecule has 0 saturated heterocycles. The largest absolute Gasteiger partial charge is 0.339 e. The summed E-state index contributed by atoms with van der Waals surface area (Å²) >= 11 is 1.56. The van der Waals surface area contributed by atoms with Gasteiger partial charge in [-0.2, -0.15) is 4.98 Å². The summed E-state index contributed by atoms with van der Waals surface area (Å²) in [6.45, 7) is 4.49. The smallest absolute Gasteiger partial charge is 0.262 e. The lowest BCUT2D eigenvalue weighted by molar-refractivity contribution is 0.366. The quantitative estimate of drug-likeness (QED) is 0.739. The van der Waals surface area contributed by atoms with Gasteiger partial charge < -0.3 is 4.52 Å². The Morgan fingerprint density at radius 1 is 1.41 bits per heavy atom. The minimum Gasteiger partial charge on any atom is -0.339 e. The Kier molecular flexibility index (Phi) is 3.11. The van der Waals surface area contributed by atoms with Crippen LogP contribution in [0.2, 0.25) is 0 Å². The Bertz CT molecular complexity index is 904. The van der Waals surface area contributed by atoms with E-state index in [2.05, 4.69) is 15.1 Å². The number of aryl methyl sites for hydroxylation is 4. The molecule has 6 nitrogen and oxygen atoms in total. The fourth-order valence-corrected chi connectivity index (χ4v) is 3.51. The zero-order valence-electron chi connectivity index (χ0n) is 12.5. The van der Waals surface area contributed by atoms with Crippen molar-refractivity contribution in [1.82, 2.24) is 19.7 Å². The summed E-state index contributed by atoms with van der Waals surface area (Å²) in [6, 6.07) is 0. The van der Waals surface area contributed by atoms with Crippen LogP contribution in [0.25, 0.3) is 10.2 Å². The van der Waals surface area contributed by atoms with E-state index in [1.165, 1.54) is 0 Å². The molecule has 0 amide bonds. The van der Waals surface area contributed by atoms with Gasteiger partial charge in [-0.15, -0.1) is 11.3 Å². The van der Waals surface area contributed by atoms with Crippen molar-refractivity contribution in [3.63, 3.8) is 0 Å². The fraction of sp³-hybridized carbons (Fsp3) is 0.467. The number of hydrogen-bond acceptors (Lipinski definition) is 6. The summed E-state index contributed by atoms with van der Waals surface area (Å²) in [5, 5.41) is 4.72. The first-order valence-electron chi connectivity index (χ1n) is 7.41. The van der Waals surface area contributed by atoms with Gasteiger partial charge >= 0.3 is 0 Å². The highest BCUT2D eigenvalue weighted by Crippen LogP contribution is 2.38. The SMILES string of the molecule is Cc1sc2ncn(CCc3nc(C4CC4)no3)c(=O)c2c1C. The molecule has 1 saturated carbocycles. The molecule has 0 radical (unpaired) electrons. The number of fused-ring (bicyclic) bond motifs is 1. The number of hydrogen-bond donors (Lipinski definition) is 0. The zero-order chi connectivity index (χ0) is 15.3. The molecule has 3 aromatic rings. The Morgan fingerprint density at radius 3 is 3.00 bits per heavy atom. The molecule has 3 heterocycles. The minimum atomic E-state index is 0.00813. The molecule has 114 valence electrons. The summed E-state index contributed by atoms with van der Waals surface area (Å²) in [6.07, 6.45) is 4.46. The van der Waals surface area contributed by atoms with E-state index >= 15 is 0 Å². The van der Waals surface area contributed by atoms with Crippen LogP contribution in [0.1, 0.15) is 40.9 Å². The molecule has 0 atom stereocenters. The van der Waals surface area contributed by atoms with Gasteiger partial charge in [-0.1, -0.05) is 5.16 Å². The van der Waals surface area contributed by atoms with Crippen LogP contribution in [0.15, 0.2) is 15.6 Å². The van der Waals surface area contributed by atoms with E-state index in [1.807, 2.05) is 13.8 Å². The van der Waals surface area contributed by atoms with Gasteiger partial charge in [0.1, 0.15) is 4.83 Å². The van der Waals surface area contributed by atoms with Gasteiger partial charge in [-0.25, -0.2) is 4.98 Å². The predicted molar refractivity (Wildman–Crippen MR) is 83.3 cm³/mol. The second-order valence-corrected chi connectivity index (χ2v) is 6.98. The van der Waals surface area contributed by atoms with Gasteiger partial charge in [-0.3, -0.25) is 9.36 Å². The Morgan fingerprint density at radius 2 is 2.23 bits per heavy atom. The first-order chi connectivity index (χ1) is 10.6. The van der Waals surface area contributed by atoms with E-state index in [4.69, 9.17) is 4.52 Å². The molecule has 0 spiro atoms. The van der Waals surface area contributed by atoms with Gasteiger partial charge in [0, 0.05) is 23.8 Å². The highest BCUT2D eigenvalue weighted by Gasteiger charge is 2.28. The number of thiophene rings is 1. The Labute approximate surface area is 130 Å². The van der Waals surface area contributed by atoms with Gasteiger partial charge in [0.25, 0.3) is 5.56 Å². The second-order valence-electron chi connectivity index (χ2n) is 5.78. The molecule has 7 heteroatoms. The van der Waals surface area contributed by atoms with E-state index < -0.39 is 0 Å². The van der Waals surface area contributed by atoms with Crippen molar-refractivity contribution < 1.29 is 4.52 Å². The molecule has 0 N–H and O–H groups in total. The Hall–Kier alpha value is -2.02. The Balaban J connectivity index is 1.59. The monoisotopic (exact) mass is 316 g/mol. The second kappa shape index (κ2) is 5.01. The molecule has 22 heavy (non-hydrogen) atoms. The van der Waals surface area contributed by atoms with Crippen LogP contribution < -0.4 is 5.56 Å². The van der Waals surface area contributed by atoms with Gasteiger partial charge in [0.05, 0.1) is 11.7 Å². The lowest BCUT2D eigenvalue weighted by Crippen LogP contribution is -2.21. The van der Waals surface area contributed by atoms with Crippen molar-refractivity contribution in [2.45, 2.75) is 45.6 Å². The molecule has 0 unspecified atom stereocenters. The van der Waals surface area contributed by atoms with E-state index in [0.717, 1.165) is 39.3 Å². The maximum Gasteiger partial charge on any atom is 0.262 e. The van der Waals surface area contributed by atoms with Crippen molar-refractivity contribution in [3.8, 4) is 0 Å². The lowest BCUT2D eigenvalue weighted by Gasteiger charge is -2.03. The van der Waals surface area contributed by atoms with Crippen LogP contribution in [0, 0.1) is 13.8 Å². The van der Waals surface area contributed by atoms with Crippen LogP contribution in [-0.2, 0) is 13.0 Å². The number of nitrogens with zero attached hydrogens (tertiary/aromatic N) is 4. The third-order valence-corrected chi connectivity index (χ3v) is 5.26. The topological polar surface area (TPSA) is 73.8 Å². The summed E-state index contributed by atoms with van der Waals surface area (Å²) < 4.78 is 6.88. The zero-order valence-corrected chi connectivity index (χ0v) is 13.3. The van der Waals surface area contributed by atoms with E-state index in [0.29, 0.717) is 24.8 Å². The molecular formula is C15H16N4O2S. The molecule has 1 fully saturated rings. The molecule has 4 rings (SSSR count). The average molecular weight is 316 g/mol. The van der Waals surface area contributed by atoms with Crippen LogP contribution in [0.3, 0.4) is 0 Å². The first kappa shape index (κ1) is 13.6. The summed E-state index contributed by atoms with van der Waals surface area (Å²) in [4.78, 5) is 23.3. The van der Waals surface area contributed by atoms with E-state index in [1.54, 1.807) is 22.2 Å². The molecule has 1 aliphatic rings. The number of rotatable bonds is 4. The van der Waals surface area contributed by atoms with Crippen LogP contribution in [-0.4, -0.2) is 19.7 Å². The summed E-state index contributed by atoms with van der Waals surface area (Å²) in [5.74, 6) is 1.88. The van der Waals surface area contributed by atoms with Crippen molar-refractivity contribution in [2.24, 2.45) is 0 Å². The van der Waals surface area contributed by atoms with Crippen molar-refractivity contribution >= 4 is 21.6 Å². The van der Waals surface area contributed by atoms with Crippen molar-refractivity contribution in [2.75, 3.05) is 0 Å². The van der Waals surface area contributed by atoms with Crippen LogP contribution >= 0.6 is 11.3 Å². The molecule has 1 aliphatic carbocycles. The molecule has 0 aromatic carbocycles. The van der Waals surface area contributed by atoms with Crippen LogP contribution in [0.5, 0.6) is 0 Å². The van der Waals surface area contributed by atoms with Crippen LogP contribution in [0.4, 0.5) is 0 Å². The van der Waals surface area contributed by atoms with E-state index in [-0.39, 0.29) is 5.56 Å². The minimum absolute atomic E-state index is 0.00813. The third-order valence-electron chi connectivity index (χ3n) is 4.15. The normalized spacial score (nSPS) is 14.8. The third kappa shape index (κ3) is 2.25. The number of aromatic nitrogens is 4. The van der Waals surface area contributed by atoms with Crippen molar-refractivity contribution in [3.05, 3.63) is 38.8 Å². The molecule has 0 bridgehead atoms. The summed E-state index contributed by atoms with van der Waals surface area (Å²) in [7, 11) is 0. The van der Waals surface area contributed by atoms with Gasteiger partial charge in [0.15, 0.2) is 5.82 Å².